The molecule has 1 aromatic carbocycles. The van der Waals surface area contributed by atoms with Gasteiger partial charge >= 0.3 is 18.9 Å². The molecule has 12 heavy (non-hydrogen) atoms. The zero-order valence-corrected chi connectivity index (χ0v) is 7.48. The van der Waals surface area contributed by atoms with Gasteiger partial charge in [0.2, 0.25) is 8.87 Å². The number of rotatable bonds is 2. The number of thiol groups is 1. The topological polar surface area (TPSA) is 34.1 Å². The third-order valence-corrected chi connectivity index (χ3v) is 2.28. The van der Waals surface area contributed by atoms with Crippen LogP contribution in [0.4, 0.5) is 0 Å². The van der Waals surface area contributed by atoms with Crippen LogP contribution in [0.5, 0.6) is 0 Å². The van der Waals surface area contributed by atoms with E-state index < -0.39 is 8.87 Å². The van der Waals surface area contributed by atoms with Crippen LogP contribution in [0.15, 0.2) is 30.3 Å². The molecule has 0 saturated heterocycles. The van der Waals surface area contributed by atoms with Gasteiger partial charge in [-0.1, -0.05) is 30.3 Å². The summed E-state index contributed by atoms with van der Waals surface area (Å²) in [6.45, 7) is 0. The second-order valence-electron chi connectivity index (χ2n) is 2.21. The van der Waals surface area contributed by atoms with Crippen LogP contribution in [0.3, 0.4) is 0 Å². The number of hydrogen-bond acceptors (Lipinski definition) is 2. The van der Waals surface area contributed by atoms with Crippen molar-refractivity contribution < 1.29 is 8.42 Å². The second-order valence-corrected chi connectivity index (χ2v) is 5.33. The molecule has 0 bridgehead atoms. The van der Waals surface area contributed by atoms with Crippen molar-refractivity contribution in [1.29, 1.82) is 0 Å². The Morgan fingerprint density at radius 3 is 2.08 bits per heavy atom. The Balaban J connectivity index is 0.00000121. The maximum atomic E-state index is 10.7. The fourth-order valence-corrected chi connectivity index (χ4v) is 1.85. The van der Waals surface area contributed by atoms with Gasteiger partial charge in [-0.2, -0.15) is 0 Å². The van der Waals surface area contributed by atoms with E-state index in [1.54, 1.807) is 24.3 Å². The number of hydrogen-bond donors (Lipinski definition) is 1. The Morgan fingerprint density at radius 1 is 1.17 bits per heavy atom. The average Bonchev–Trinajstić information content (AvgIpc) is 1.85. The predicted molar refractivity (Wildman–Crippen MR) is 55.2 cm³/mol. The summed E-state index contributed by atoms with van der Waals surface area (Å²) in [5.41, 5.74) is 0.766. The molecule has 0 radical (unpaired) electrons. The summed E-state index contributed by atoms with van der Waals surface area (Å²) in [6.07, 6.45) is 0. The molecule has 0 atom stereocenters. The molecule has 0 amide bonds. The van der Waals surface area contributed by atoms with Crippen LogP contribution in [0.2, 0.25) is 0 Å². The molecule has 2 nitrogen and oxygen atoms in total. The first kappa shape index (κ1) is 12.1. The van der Waals surface area contributed by atoms with Crippen molar-refractivity contribution >= 4 is 39.4 Å². The van der Waals surface area contributed by atoms with Gasteiger partial charge in [0.15, 0.2) is 0 Å². The van der Waals surface area contributed by atoms with Crippen molar-refractivity contribution in [2.45, 2.75) is 5.75 Å². The van der Waals surface area contributed by atoms with E-state index in [1.165, 1.54) is 0 Å². The van der Waals surface area contributed by atoms with Crippen molar-refractivity contribution in [2.75, 3.05) is 0 Å². The Kier molecular flexibility index (Phi) is 5.03. The van der Waals surface area contributed by atoms with Gasteiger partial charge in [0.1, 0.15) is 0 Å². The third kappa shape index (κ3) is 4.89. The molecule has 0 aliphatic heterocycles. The molecule has 0 spiro atoms. The van der Waals surface area contributed by atoms with Crippen LogP contribution in [-0.4, -0.2) is 27.3 Å². The van der Waals surface area contributed by atoms with Crippen molar-refractivity contribution in [3.8, 4) is 0 Å². The zero-order chi connectivity index (χ0) is 8.32. The average molecular weight is 196 g/mol. The molecule has 0 heterocycles. The van der Waals surface area contributed by atoms with Gasteiger partial charge in [-0.3, -0.25) is 0 Å². The molecule has 5 heteroatoms. The second kappa shape index (κ2) is 4.98. The van der Waals surface area contributed by atoms with Gasteiger partial charge in [0.05, 0.1) is 5.75 Å². The van der Waals surface area contributed by atoms with Gasteiger partial charge in [0.25, 0.3) is 0 Å². The van der Waals surface area contributed by atoms with E-state index in [0.29, 0.717) is 0 Å². The summed E-state index contributed by atoms with van der Waals surface area (Å²) in [5.74, 6) is -0.00302. The molecular weight excluding hydrogens is 187 g/mol. The quantitative estimate of drug-likeness (QED) is 0.431. The van der Waals surface area contributed by atoms with E-state index in [0.717, 1.165) is 5.56 Å². The van der Waals surface area contributed by atoms with E-state index in [9.17, 15) is 8.42 Å². The molecule has 62 valence electrons. The van der Waals surface area contributed by atoms with Gasteiger partial charge < -0.3 is 0 Å². The van der Waals surface area contributed by atoms with E-state index >= 15 is 0 Å². The Labute approximate surface area is 89.3 Å². The van der Waals surface area contributed by atoms with Crippen LogP contribution < -0.4 is 0 Å². The normalized spacial score (nSPS) is 10.4. The number of benzene rings is 1. The van der Waals surface area contributed by atoms with Gasteiger partial charge in [-0.15, -0.1) is 0 Å². The molecule has 0 fully saturated rings. The van der Waals surface area contributed by atoms with Crippen LogP contribution in [0, 0.1) is 0 Å². The minimum atomic E-state index is -3.18. The maximum absolute atomic E-state index is 10.7. The summed E-state index contributed by atoms with van der Waals surface area (Å²) in [4.78, 5) is 0. The Hall–Kier alpha value is 0.117. The van der Waals surface area contributed by atoms with Crippen LogP contribution in [-0.2, 0) is 14.6 Å². The molecule has 1 aromatic rings. The van der Waals surface area contributed by atoms with Crippen molar-refractivity contribution in [3.05, 3.63) is 35.9 Å². The minimum absolute atomic E-state index is 0. The van der Waals surface area contributed by atoms with Crippen LogP contribution >= 0.6 is 11.7 Å². The molecule has 1 rings (SSSR count). The standard InChI is InChI=1S/C7H8O2S2.Li.H/c8-11(9,10)6-7-4-2-1-3-5-7;;/h1-5H,6H2,(H,8,9,10);;. The monoisotopic (exact) mass is 196 g/mol. The van der Waals surface area contributed by atoms with Gasteiger partial charge in [-0.25, -0.2) is 8.42 Å². The predicted octanol–water partition coefficient (Wildman–Crippen LogP) is 0.798. The Bertz CT molecular complexity index is 321. The molecule has 0 aliphatic rings. The molecule has 0 aromatic heterocycles. The molecule has 0 unspecified atom stereocenters. The van der Waals surface area contributed by atoms with Crippen molar-refractivity contribution in [2.24, 2.45) is 0 Å². The van der Waals surface area contributed by atoms with Crippen molar-refractivity contribution in [3.63, 3.8) is 0 Å². The summed E-state index contributed by atoms with van der Waals surface area (Å²) in [6, 6.07) is 8.96. The van der Waals surface area contributed by atoms with E-state index in [-0.39, 0.29) is 24.6 Å². The first-order valence-corrected chi connectivity index (χ1v) is 5.77. The van der Waals surface area contributed by atoms with E-state index in [2.05, 4.69) is 11.7 Å². The van der Waals surface area contributed by atoms with E-state index in [4.69, 9.17) is 0 Å². The van der Waals surface area contributed by atoms with Crippen LogP contribution in [0.1, 0.15) is 5.56 Å². The zero-order valence-electron chi connectivity index (χ0n) is 5.77. The fourth-order valence-electron chi connectivity index (χ4n) is 0.785. The summed E-state index contributed by atoms with van der Waals surface area (Å²) in [5, 5.41) is 0. The summed E-state index contributed by atoms with van der Waals surface area (Å²) >= 11 is 3.44. The third-order valence-electron chi connectivity index (χ3n) is 1.19. The molecule has 0 saturated carbocycles. The summed E-state index contributed by atoms with van der Waals surface area (Å²) in [7, 11) is -3.18. The van der Waals surface area contributed by atoms with Crippen molar-refractivity contribution in [1.82, 2.24) is 0 Å². The van der Waals surface area contributed by atoms with Gasteiger partial charge in [0, 0.05) is 0 Å². The SMILES string of the molecule is O=S(=O)(S)Cc1ccccc1.[LiH]. The first-order chi connectivity index (χ1) is 5.08. The molecule has 0 N–H and O–H groups in total. The fraction of sp³-hybridized carbons (Fsp3) is 0.143. The van der Waals surface area contributed by atoms with Crippen LogP contribution in [0.25, 0.3) is 0 Å². The van der Waals surface area contributed by atoms with E-state index in [1.807, 2.05) is 6.07 Å². The Morgan fingerprint density at radius 2 is 1.67 bits per heavy atom. The summed E-state index contributed by atoms with van der Waals surface area (Å²) < 4.78 is 21.3. The molecular formula is C7H9LiO2S2. The van der Waals surface area contributed by atoms with Gasteiger partial charge in [-0.05, 0) is 17.2 Å². The molecule has 0 aliphatic carbocycles. The first-order valence-electron chi connectivity index (χ1n) is 3.07.